The second kappa shape index (κ2) is 6.84. The molecule has 2 heterocycles. The molecular weight excluding hydrogens is 330 g/mol. The Bertz CT molecular complexity index is 799. The number of nitrogens with zero attached hydrogens (tertiary/aromatic N) is 4. The molecule has 6 nitrogen and oxygen atoms in total. The summed E-state index contributed by atoms with van der Waals surface area (Å²) in [5, 5.41) is 14.7. The van der Waals surface area contributed by atoms with Gasteiger partial charge in [-0.1, -0.05) is 41.7 Å². The number of amides is 2. The van der Waals surface area contributed by atoms with Gasteiger partial charge in [0.05, 0.1) is 12.2 Å². The Labute approximate surface area is 141 Å². The Morgan fingerprint density at radius 2 is 2.04 bits per heavy atom. The second-order valence-electron chi connectivity index (χ2n) is 4.92. The summed E-state index contributed by atoms with van der Waals surface area (Å²) in [6, 6.07) is 9.77. The molecule has 0 fully saturated rings. The molecule has 0 radical (unpaired) electrons. The van der Waals surface area contributed by atoms with Gasteiger partial charge in [0, 0.05) is 18.0 Å². The minimum atomic E-state index is -0.226. The highest BCUT2D eigenvalue weighted by molar-refractivity contribution is 7.15. The van der Waals surface area contributed by atoms with Crippen LogP contribution in [0.3, 0.4) is 0 Å². The summed E-state index contributed by atoms with van der Waals surface area (Å²) in [5.74, 6) is 0. The molecule has 0 atom stereocenters. The minimum Gasteiger partial charge on any atom is -0.322 e. The van der Waals surface area contributed by atoms with Crippen LogP contribution in [0.25, 0.3) is 10.6 Å². The highest BCUT2D eigenvalue weighted by atomic mass is 32.1. The van der Waals surface area contributed by atoms with Crippen LogP contribution in [0.2, 0.25) is 0 Å². The number of urea groups is 1. The molecule has 0 unspecified atom stereocenters. The number of benzene rings is 1. The lowest BCUT2D eigenvalue weighted by Gasteiger charge is -2.15. The molecule has 0 saturated carbocycles. The van der Waals surface area contributed by atoms with Crippen LogP contribution in [-0.4, -0.2) is 33.2 Å². The predicted octanol–water partition coefficient (Wildman–Crippen LogP) is 3.63. The Hall–Kier alpha value is -2.32. The van der Waals surface area contributed by atoms with Crippen molar-refractivity contribution in [3.8, 4) is 10.6 Å². The molecule has 8 heteroatoms. The number of carbonyl (C=O) groups excluding carboxylic acids is 1. The number of aromatic nitrogens is 3. The van der Waals surface area contributed by atoms with Crippen LogP contribution in [0, 0.1) is 6.92 Å². The molecule has 0 aliphatic heterocycles. The molecule has 0 bridgehead atoms. The third-order valence-electron chi connectivity index (χ3n) is 3.06. The van der Waals surface area contributed by atoms with E-state index in [4.69, 9.17) is 0 Å². The lowest BCUT2D eigenvalue weighted by Crippen LogP contribution is -2.30. The Kier molecular flexibility index (Phi) is 4.63. The van der Waals surface area contributed by atoms with Crippen LogP contribution in [-0.2, 0) is 6.54 Å². The first kappa shape index (κ1) is 15.6. The van der Waals surface area contributed by atoms with E-state index in [0.29, 0.717) is 11.7 Å². The minimum absolute atomic E-state index is 0.226. The van der Waals surface area contributed by atoms with E-state index in [2.05, 4.69) is 20.5 Å². The molecule has 23 heavy (non-hydrogen) atoms. The molecule has 1 N–H and O–H groups in total. The summed E-state index contributed by atoms with van der Waals surface area (Å²) >= 11 is 2.92. The van der Waals surface area contributed by atoms with Gasteiger partial charge in [0.25, 0.3) is 0 Å². The number of rotatable bonds is 4. The zero-order valence-electron chi connectivity index (χ0n) is 12.7. The molecule has 1 aromatic carbocycles. The number of hydrogen-bond donors (Lipinski definition) is 1. The fourth-order valence-corrected chi connectivity index (χ4v) is 3.34. The number of thiazole rings is 1. The van der Waals surface area contributed by atoms with Crippen molar-refractivity contribution in [1.82, 2.24) is 20.1 Å². The number of hydrogen-bond acceptors (Lipinski definition) is 6. The number of carbonyl (C=O) groups is 1. The van der Waals surface area contributed by atoms with Crippen molar-refractivity contribution in [2.45, 2.75) is 13.5 Å². The SMILES string of the molecule is Cc1nnc(NC(=O)N(C)Cc2csc(-c3ccccc3)n2)s1. The van der Waals surface area contributed by atoms with Crippen molar-refractivity contribution in [2.24, 2.45) is 0 Å². The smallest absolute Gasteiger partial charge is 0.322 e. The maximum absolute atomic E-state index is 12.1. The third kappa shape index (κ3) is 3.91. The van der Waals surface area contributed by atoms with E-state index in [0.717, 1.165) is 21.3 Å². The summed E-state index contributed by atoms with van der Waals surface area (Å²) in [5.41, 5.74) is 1.94. The maximum Gasteiger partial charge on any atom is 0.323 e. The van der Waals surface area contributed by atoms with Crippen molar-refractivity contribution in [2.75, 3.05) is 12.4 Å². The van der Waals surface area contributed by atoms with Gasteiger partial charge < -0.3 is 4.90 Å². The fraction of sp³-hybridized carbons (Fsp3) is 0.200. The highest BCUT2D eigenvalue weighted by Gasteiger charge is 2.13. The van der Waals surface area contributed by atoms with Gasteiger partial charge in [-0.3, -0.25) is 5.32 Å². The average Bonchev–Trinajstić information content (AvgIpc) is 3.17. The quantitative estimate of drug-likeness (QED) is 0.784. The van der Waals surface area contributed by atoms with E-state index in [1.807, 2.05) is 42.6 Å². The fourth-order valence-electron chi connectivity index (χ4n) is 1.94. The van der Waals surface area contributed by atoms with E-state index in [1.54, 1.807) is 23.3 Å². The summed E-state index contributed by atoms with van der Waals surface area (Å²) < 4.78 is 0. The van der Waals surface area contributed by atoms with Gasteiger partial charge in [0.2, 0.25) is 5.13 Å². The standard InChI is InChI=1S/C15H15N5OS2/c1-10-18-19-14(23-10)17-15(21)20(2)8-12-9-22-13(16-12)11-6-4-3-5-7-11/h3-7,9H,8H2,1-2H3,(H,17,19,21). The first-order valence-corrected chi connectivity index (χ1v) is 8.63. The molecule has 2 amide bonds. The van der Waals surface area contributed by atoms with Gasteiger partial charge in [-0.25, -0.2) is 9.78 Å². The third-order valence-corrected chi connectivity index (χ3v) is 4.75. The maximum atomic E-state index is 12.1. The van der Waals surface area contributed by atoms with Crippen molar-refractivity contribution in [1.29, 1.82) is 0 Å². The van der Waals surface area contributed by atoms with Gasteiger partial charge in [-0.2, -0.15) is 0 Å². The first-order valence-electron chi connectivity index (χ1n) is 6.94. The Morgan fingerprint density at radius 3 is 2.74 bits per heavy atom. The average molecular weight is 345 g/mol. The van der Waals surface area contributed by atoms with Crippen molar-refractivity contribution in [3.63, 3.8) is 0 Å². The molecule has 118 valence electrons. The molecular formula is C15H15N5OS2. The summed E-state index contributed by atoms with van der Waals surface area (Å²) in [6.07, 6.45) is 0. The molecule has 0 aliphatic carbocycles. The van der Waals surface area contributed by atoms with Gasteiger partial charge >= 0.3 is 6.03 Å². The van der Waals surface area contributed by atoms with Crippen LogP contribution in [0.1, 0.15) is 10.7 Å². The number of anilines is 1. The lowest BCUT2D eigenvalue weighted by molar-refractivity contribution is 0.220. The number of aryl methyl sites for hydroxylation is 1. The van der Waals surface area contributed by atoms with Gasteiger partial charge in [-0.05, 0) is 6.92 Å². The lowest BCUT2D eigenvalue weighted by atomic mass is 10.2. The summed E-state index contributed by atoms with van der Waals surface area (Å²) in [7, 11) is 1.73. The first-order chi connectivity index (χ1) is 11.1. The van der Waals surface area contributed by atoms with E-state index < -0.39 is 0 Å². The van der Waals surface area contributed by atoms with Crippen molar-refractivity contribution in [3.05, 3.63) is 46.4 Å². The largest absolute Gasteiger partial charge is 0.323 e. The molecule has 3 aromatic rings. The zero-order chi connectivity index (χ0) is 16.2. The van der Waals surface area contributed by atoms with Crippen LogP contribution in [0.15, 0.2) is 35.7 Å². The van der Waals surface area contributed by atoms with Crippen LogP contribution < -0.4 is 5.32 Å². The van der Waals surface area contributed by atoms with Crippen LogP contribution in [0.5, 0.6) is 0 Å². The predicted molar refractivity (Wildman–Crippen MR) is 92.7 cm³/mol. The van der Waals surface area contributed by atoms with E-state index >= 15 is 0 Å². The van der Waals surface area contributed by atoms with Crippen LogP contribution >= 0.6 is 22.7 Å². The van der Waals surface area contributed by atoms with Gasteiger partial charge in [0.15, 0.2) is 0 Å². The second-order valence-corrected chi connectivity index (χ2v) is 6.96. The topological polar surface area (TPSA) is 71.0 Å². The summed E-state index contributed by atoms with van der Waals surface area (Å²) in [4.78, 5) is 18.3. The van der Waals surface area contributed by atoms with Crippen molar-refractivity contribution < 1.29 is 4.79 Å². The van der Waals surface area contributed by atoms with Gasteiger partial charge in [-0.15, -0.1) is 21.5 Å². The normalized spacial score (nSPS) is 10.5. The molecule has 0 aliphatic rings. The summed E-state index contributed by atoms with van der Waals surface area (Å²) in [6.45, 7) is 2.28. The van der Waals surface area contributed by atoms with Crippen molar-refractivity contribution >= 4 is 33.8 Å². The molecule has 2 aromatic heterocycles. The number of nitrogens with one attached hydrogen (secondary N) is 1. The van der Waals surface area contributed by atoms with E-state index in [-0.39, 0.29) is 6.03 Å². The van der Waals surface area contributed by atoms with Gasteiger partial charge in [0.1, 0.15) is 10.0 Å². The zero-order valence-corrected chi connectivity index (χ0v) is 14.3. The Morgan fingerprint density at radius 1 is 1.26 bits per heavy atom. The monoisotopic (exact) mass is 345 g/mol. The Balaban J connectivity index is 1.62. The highest BCUT2D eigenvalue weighted by Crippen LogP contribution is 2.24. The van der Waals surface area contributed by atoms with E-state index in [9.17, 15) is 4.79 Å². The van der Waals surface area contributed by atoms with Crippen LogP contribution in [0.4, 0.5) is 9.93 Å². The molecule has 3 rings (SSSR count). The molecule has 0 saturated heterocycles. The van der Waals surface area contributed by atoms with E-state index in [1.165, 1.54) is 11.3 Å². The molecule has 0 spiro atoms.